The molecule has 1 atom stereocenters. The van der Waals surface area contributed by atoms with Crippen LogP contribution in [0.1, 0.15) is 35.2 Å². The molecule has 2 aromatic rings. The van der Waals surface area contributed by atoms with Gasteiger partial charge in [-0.05, 0) is 49.7 Å². The Hall–Kier alpha value is -0.710. The van der Waals surface area contributed by atoms with E-state index in [0.29, 0.717) is 5.56 Å². The molecule has 2 rings (SSSR count). The maximum atomic E-state index is 14.3. The van der Waals surface area contributed by atoms with E-state index in [1.807, 2.05) is 26.8 Å². The highest BCUT2D eigenvalue weighted by Gasteiger charge is 2.20. The van der Waals surface area contributed by atoms with Gasteiger partial charge in [-0.25, -0.2) is 4.39 Å². The molecule has 112 valence electrons. The lowest BCUT2D eigenvalue weighted by atomic mass is 9.96. The Morgan fingerprint density at radius 1 is 1.05 bits per heavy atom. The SMILES string of the molecule is CCNC(c1cc(C)ccc1F)c1cc(Br)c(C)cc1Br. The molecule has 21 heavy (non-hydrogen) atoms. The minimum atomic E-state index is -0.185. The summed E-state index contributed by atoms with van der Waals surface area (Å²) in [6, 6.07) is 9.16. The maximum Gasteiger partial charge on any atom is 0.128 e. The second-order valence-corrected chi connectivity index (χ2v) is 6.85. The van der Waals surface area contributed by atoms with Gasteiger partial charge < -0.3 is 5.32 Å². The van der Waals surface area contributed by atoms with Crippen LogP contribution < -0.4 is 5.32 Å². The Morgan fingerprint density at radius 3 is 2.43 bits per heavy atom. The lowest BCUT2D eigenvalue weighted by Gasteiger charge is -2.22. The van der Waals surface area contributed by atoms with Crippen LogP contribution in [0.2, 0.25) is 0 Å². The zero-order valence-corrected chi connectivity index (χ0v) is 15.5. The maximum absolute atomic E-state index is 14.3. The molecule has 0 fully saturated rings. The molecule has 4 heteroatoms. The van der Waals surface area contributed by atoms with Crippen LogP contribution in [-0.2, 0) is 0 Å². The largest absolute Gasteiger partial charge is 0.306 e. The number of hydrogen-bond donors (Lipinski definition) is 1. The first-order chi connectivity index (χ1) is 9.93. The van der Waals surface area contributed by atoms with Gasteiger partial charge in [0.05, 0.1) is 6.04 Å². The van der Waals surface area contributed by atoms with Crippen LogP contribution in [0.3, 0.4) is 0 Å². The van der Waals surface area contributed by atoms with E-state index in [1.54, 1.807) is 6.07 Å². The minimum absolute atomic E-state index is 0.179. The van der Waals surface area contributed by atoms with Gasteiger partial charge in [0, 0.05) is 14.5 Å². The summed E-state index contributed by atoms with van der Waals surface area (Å²) in [7, 11) is 0. The number of nitrogens with one attached hydrogen (secondary N) is 1. The molecule has 0 saturated heterocycles. The average Bonchev–Trinajstić information content (AvgIpc) is 2.43. The first kappa shape index (κ1) is 16.7. The topological polar surface area (TPSA) is 12.0 Å². The lowest BCUT2D eigenvalue weighted by Crippen LogP contribution is -2.23. The molecule has 1 nitrogen and oxygen atoms in total. The van der Waals surface area contributed by atoms with E-state index in [-0.39, 0.29) is 11.9 Å². The van der Waals surface area contributed by atoms with Gasteiger partial charge in [0.25, 0.3) is 0 Å². The Labute approximate surface area is 142 Å². The van der Waals surface area contributed by atoms with Crippen molar-refractivity contribution in [3.05, 3.63) is 67.3 Å². The summed E-state index contributed by atoms with van der Waals surface area (Å²) in [4.78, 5) is 0. The highest BCUT2D eigenvalue weighted by Crippen LogP contribution is 2.34. The van der Waals surface area contributed by atoms with Crippen molar-refractivity contribution in [2.45, 2.75) is 26.8 Å². The molecule has 2 aromatic carbocycles. The Bertz CT molecular complexity index is 655. The van der Waals surface area contributed by atoms with E-state index >= 15 is 0 Å². The molecular weight excluding hydrogens is 397 g/mol. The molecule has 0 radical (unpaired) electrons. The summed E-state index contributed by atoms with van der Waals surface area (Å²) in [5, 5.41) is 3.38. The van der Waals surface area contributed by atoms with Crippen LogP contribution in [0.25, 0.3) is 0 Å². The number of benzene rings is 2. The fourth-order valence-corrected chi connectivity index (χ4v) is 3.41. The highest BCUT2D eigenvalue weighted by molar-refractivity contribution is 9.11. The monoisotopic (exact) mass is 413 g/mol. The van der Waals surface area contributed by atoms with E-state index in [4.69, 9.17) is 0 Å². The molecule has 0 amide bonds. The quantitative estimate of drug-likeness (QED) is 0.679. The number of halogens is 3. The Kier molecular flexibility index (Phi) is 5.58. The number of aryl methyl sites for hydroxylation is 2. The van der Waals surface area contributed by atoms with Crippen LogP contribution in [0.5, 0.6) is 0 Å². The second-order valence-electron chi connectivity index (χ2n) is 5.14. The fraction of sp³-hybridized carbons (Fsp3) is 0.294. The molecule has 1 unspecified atom stereocenters. The minimum Gasteiger partial charge on any atom is -0.306 e. The zero-order valence-electron chi connectivity index (χ0n) is 12.3. The first-order valence-corrected chi connectivity index (χ1v) is 8.47. The third-order valence-electron chi connectivity index (χ3n) is 3.46. The summed E-state index contributed by atoms with van der Waals surface area (Å²) in [5.41, 5.74) is 3.90. The molecule has 1 N–H and O–H groups in total. The third-order valence-corrected chi connectivity index (χ3v) is 5.00. The van der Waals surface area contributed by atoms with Gasteiger partial charge >= 0.3 is 0 Å². The third kappa shape index (κ3) is 3.74. The first-order valence-electron chi connectivity index (χ1n) is 6.89. The van der Waals surface area contributed by atoms with Gasteiger partial charge in [0.15, 0.2) is 0 Å². The number of rotatable bonds is 4. The molecular formula is C17H18Br2FN. The van der Waals surface area contributed by atoms with E-state index in [9.17, 15) is 4.39 Å². The van der Waals surface area contributed by atoms with E-state index in [0.717, 1.165) is 32.2 Å². The van der Waals surface area contributed by atoms with E-state index in [1.165, 1.54) is 6.07 Å². The van der Waals surface area contributed by atoms with Crippen molar-refractivity contribution in [3.8, 4) is 0 Å². The molecule has 0 aliphatic rings. The van der Waals surface area contributed by atoms with Gasteiger partial charge in [-0.1, -0.05) is 56.5 Å². The molecule has 0 aliphatic heterocycles. The van der Waals surface area contributed by atoms with Crippen LogP contribution >= 0.6 is 31.9 Å². The summed E-state index contributed by atoms with van der Waals surface area (Å²) >= 11 is 7.17. The van der Waals surface area contributed by atoms with Crippen LogP contribution in [0.4, 0.5) is 4.39 Å². The molecule has 0 aromatic heterocycles. The van der Waals surface area contributed by atoms with Gasteiger partial charge in [0.2, 0.25) is 0 Å². The Balaban J connectivity index is 2.58. The van der Waals surface area contributed by atoms with Gasteiger partial charge in [-0.15, -0.1) is 0 Å². The van der Waals surface area contributed by atoms with Crippen molar-refractivity contribution in [1.29, 1.82) is 0 Å². The predicted molar refractivity (Wildman–Crippen MR) is 93.2 cm³/mol. The fourth-order valence-electron chi connectivity index (χ4n) is 2.36. The summed E-state index contributed by atoms with van der Waals surface area (Å²) in [6.07, 6.45) is 0. The highest BCUT2D eigenvalue weighted by atomic mass is 79.9. The van der Waals surface area contributed by atoms with Crippen LogP contribution in [0.15, 0.2) is 39.3 Å². The molecule has 0 aliphatic carbocycles. The molecule has 0 saturated carbocycles. The Morgan fingerprint density at radius 2 is 1.76 bits per heavy atom. The van der Waals surface area contributed by atoms with E-state index in [2.05, 4.69) is 49.3 Å². The summed E-state index contributed by atoms with van der Waals surface area (Å²) in [6.45, 7) is 6.80. The smallest absolute Gasteiger partial charge is 0.128 e. The molecule has 0 heterocycles. The van der Waals surface area contributed by atoms with Gasteiger partial charge in [0.1, 0.15) is 5.82 Å². The molecule has 0 spiro atoms. The standard InChI is InChI=1S/C17H18Br2FN/c1-4-21-17(13-7-10(2)5-6-16(13)20)12-9-14(18)11(3)8-15(12)19/h5-9,17,21H,4H2,1-3H3. The van der Waals surface area contributed by atoms with Gasteiger partial charge in [-0.3, -0.25) is 0 Å². The van der Waals surface area contributed by atoms with E-state index < -0.39 is 0 Å². The van der Waals surface area contributed by atoms with Gasteiger partial charge in [-0.2, -0.15) is 0 Å². The van der Waals surface area contributed by atoms with Crippen molar-refractivity contribution in [2.24, 2.45) is 0 Å². The summed E-state index contributed by atoms with van der Waals surface area (Å²) in [5.74, 6) is -0.185. The van der Waals surface area contributed by atoms with Crippen LogP contribution in [0, 0.1) is 19.7 Å². The normalized spacial score (nSPS) is 12.5. The van der Waals surface area contributed by atoms with Crippen molar-refractivity contribution >= 4 is 31.9 Å². The number of hydrogen-bond acceptors (Lipinski definition) is 1. The lowest BCUT2D eigenvalue weighted by molar-refractivity contribution is 0.557. The van der Waals surface area contributed by atoms with Crippen molar-refractivity contribution in [2.75, 3.05) is 6.54 Å². The summed E-state index contributed by atoms with van der Waals surface area (Å²) < 4.78 is 16.3. The second kappa shape index (κ2) is 7.03. The molecule has 0 bridgehead atoms. The zero-order chi connectivity index (χ0) is 15.6. The van der Waals surface area contributed by atoms with Crippen molar-refractivity contribution in [1.82, 2.24) is 5.32 Å². The van der Waals surface area contributed by atoms with Crippen molar-refractivity contribution in [3.63, 3.8) is 0 Å². The predicted octanol–water partition coefficient (Wildman–Crippen LogP) is 5.67. The van der Waals surface area contributed by atoms with Crippen LogP contribution in [-0.4, -0.2) is 6.54 Å². The average molecular weight is 415 g/mol. The van der Waals surface area contributed by atoms with Crippen molar-refractivity contribution < 1.29 is 4.39 Å².